The van der Waals surface area contributed by atoms with Crippen LogP contribution in [0.2, 0.25) is 0 Å². The maximum Gasteiger partial charge on any atom is 1.00 e. The molecular formula is C68H124N2NaO14PS. The summed E-state index contributed by atoms with van der Waals surface area (Å²) in [5, 5.41) is 27.1. The number of nitrogens with zero attached hydrogens (tertiary/aromatic N) is 1. The number of carbonyl (C=O) groups is 3. The van der Waals surface area contributed by atoms with Crippen molar-refractivity contribution < 1.29 is 99.6 Å². The Balaban J connectivity index is 0.0000198. The van der Waals surface area contributed by atoms with E-state index in [0.717, 1.165) is 83.5 Å². The third-order valence-corrected chi connectivity index (χ3v) is 22.5. The molecule has 0 heterocycles. The number of esters is 1. The molecule has 4 aliphatic rings. The molecule has 4 rings (SSSR count). The fraction of sp³-hybridized carbons (Fsp3) is 0.926. The number of aliphatic hydroxyl groups excluding tert-OH is 2. The molecule has 4 fully saturated rings. The van der Waals surface area contributed by atoms with Crippen LogP contribution in [0.4, 0.5) is 0 Å². The van der Waals surface area contributed by atoms with E-state index in [-0.39, 0.29) is 122 Å². The molecule has 502 valence electrons. The Kier molecular flexibility index (Phi) is 38.7. The number of unbranched alkanes of at least 4 members (excludes halogenated alkanes) is 23. The van der Waals surface area contributed by atoms with Gasteiger partial charge in [0.1, 0.15) is 13.2 Å². The first-order valence-electron chi connectivity index (χ1n) is 34.8. The SMILES string of the molecule is CCCCCCCC/C=C\CCCCCCCC(=O)O[C@@H](CO[C@@H]1CC[C@@]2(C)C(C1)C[C@@H](O)C1C2C[C@H](O)[C@@]2(C)C1CC[C@@H]2[C@H](C)CCC(=O)NCCS(=O)(=O)[O-])C(OP(=O)([O-])OCC[N+](C)(C)C)C(=O)CCCCCCCCCCCCCCC.[Na+]. The van der Waals surface area contributed by atoms with Crippen LogP contribution in [0.15, 0.2) is 12.2 Å². The predicted molar refractivity (Wildman–Crippen MR) is 340 cm³/mol. The van der Waals surface area contributed by atoms with Crippen LogP contribution in [0.25, 0.3) is 0 Å². The number of phosphoric ester groups is 1. The largest absolute Gasteiger partial charge is 1.00 e. The second-order valence-corrected chi connectivity index (χ2v) is 31.5. The van der Waals surface area contributed by atoms with Gasteiger partial charge in [-0.15, -0.1) is 0 Å². The number of carbonyl (C=O) groups excluding carboxylic acids is 3. The number of nitrogens with one attached hydrogen (secondary N) is 1. The summed E-state index contributed by atoms with van der Waals surface area (Å²) in [6.45, 7) is 10.8. The van der Waals surface area contributed by atoms with E-state index >= 15 is 0 Å². The number of allylic oxidation sites excluding steroid dienone is 2. The van der Waals surface area contributed by atoms with Crippen molar-refractivity contribution in [3.63, 3.8) is 0 Å². The number of fused-ring (bicyclic) bond motifs is 5. The Morgan fingerprint density at radius 1 is 0.736 bits per heavy atom. The van der Waals surface area contributed by atoms with E-state index in [0.29, 0.717) is 56.0 Å². The molecule has 3 N–H and O–H groups in total. The number of hydrogen-bond donors (Lipinski definition) is 3. The number of quaternary nitrogens is 1. The number of ketones is 1. The first-order valence-corrected chi connectivity index (χ1v) is 37.9. The fourth-order valence-corrected chi connectivity index (χ4v) is 16.9. The molecule has 4 aliphatic carbocycles. The Labute approximate surface area is 551 Å². The Hall–Kier alpha value is -0.790. The van der Waals surface area contributed by atoms with E-state index in [9.17, 15) is 47.0 Å². The molecule has 14 atom stereocenters. The maximum atomic E-state index is 14.5. The van der Waals surface area contributed by atoms with Crippen LogP contribution < -0.4 is 39.8 Å². The third-order valence-electron chi connectivity index (χ3n) is 20.9. The first-order chi connectivity index (χ1) is 40.8. The normalized spacial score (nSPS) is 27.3. The number of aliphatic hydroxyl groups is 2. The van der Waals surface area contributed by atoms with Gasteiger partial charge in [0.15, 0.2) is 18.0 Å². The van der Waals surface area contributed by atoms with Crippen LogP contribution in [0, 0.1) is 46.3 Å². The molecule has 0 bridgehead atoms. The molecular weight excluding hydrogens is 1150 g/mol. The van der Waals surface area contributed by atoms with Gasteiger partial charge in [-0.3, -0.25) is 18.9 Å². The van der Waals surface area contributed by atoms with Gasteiger partial charge in [-0.2, -0.15) is 0 Å². The monoisotopic (exact) mass is 1280 g/mol. The van der Waals surface area contributed by atoms with Crippen molar-refractivity contribution in [2.75, 3.05) is 53.2 Å². The quantitative estimate of drug-likeness (QED) is 0.00977. The topological polar surface area (TPSA) is 238 Å². The minimum Gasteiger partial charge on any atom is -0.756 e. The van der Waals surface area contributed by atoms with Crippen molar-refractivity contribution in [1.29, 1.82) is 0 Å². The second-order valence-electron chi connectivity index (χ2n) is 28.6. The van der Waals surface area contributed by atoms with Crippen LogP contribution in [0.5, 0.6) is 0 Å². The summed E-state index contributed by atoms with van der Waals surface area (Å²) >= 11 is 0. The summed E-state index contributed by atoms with van der Waals surface area (Å²) in [6, 6.07) is 0. The summed E-state index contributed by atoms with van der Waals surface area (Å²) in [5.74, 6) is -1.62. The van der Waals surface area contributed by atoms with Gasteiger partial charge < -0.3 is 48.0 Å². The van der Waals surface area contributed by atoms with Gasteiger partial charge in [0, 0.05) is 25.8 Å². The third kappa shape index (κ3) is 29.2. The van der Waals surface area contributed by atoms with E-state index in [1.165, 1.54) is 89.9 Å². The average Bonchev–Trinajstić information content (AvgIpc) is 1.70. The van der Waals surface area contributed by atoms with Crippen molar-refractivity contribution in [1.82, 2.24) is 5.32 Å². The van der Waals surface area contributed by atoms with Gasteiger partial charge in [0.25, 0.3) is 7.82 Å². The molecule has 16 nitrogen and oxygen atoms in total. The standard InChI is InChI=1S/C68H125N2O14PS.Na/c1-9-11-13-15-17-19-21-23-24-26-28-30-32-34-36-38-64(75)83-61(66(84-85(76,77)82-47-46-70(6,7)8)59(71)37-35-33-31-29-27-25-22-20-18-16-14-12-10-2)52-81-55-43-44-67(4)54(49-55)50-60(72)65-57-41-40-56(68(57,5)62(73)51-58(65)67)53(3)39-42-63(74)69-45-48-86(78,79)80;/h23-24,53-58,60-62,65-66,72-73H,9-22,25-52H2,1-8H3,(H2-,69,74,76,77,78,79,80);/q;+1/p-1/b24-23-;/t53-,54?,55-,56-,57?,58?,60-,61+,62+,65?,66?,67+,68-;/m1./s1. The van der Waals surface area contributed by atoms with E-state index in [1.807, 2.05) is 21.1 Å². The van der Waals surface area contributed by atoms with Gasteiger partial charge in [0.2, 0.25) is 5.91 Å². The van der Waals surface area contributed by atoms with Crippen LogP contribution in [-0.4, -0.2) is 129 Å². The molecule has 0 aromatic rings. The fourth-order valence-electron chi connectivity index (χ4n) is 15.6. The molecule has 0 spiro atoms. The number of hydrogen-bond acceptors (Lipinski definition) is 14. The van der Waals surface area contributed by atoms with Crippen LogP contribution >= 0.6 is 7.82 Å². The van der Waals surface area contributed by atoms with Gasteiger partial charge in [-0.25, -0.2) is 8.42 Å². The summed E-state index contributed by atoms with van der Waals surface area (Å²) < 4.78 is 71.3. The van der Waals surface area contributed by atoms with E-state index in [2.05, 4.69) is 52.1 Å². The molecule has 0 radical (unpaired) electrons. The maximum absolute atomic E-state index is 14.5. The van der Waals surface area contributed by atoms with Crippen molar-refractivity contribution in [3.05, 3.63) is 12.2 Å². The van der Waals surface area contributed by atoms with Crippen LogP contribution in [-0.2, 0) is 47.6 Å². The van der Waals surface area contributed by atoms with Gasteiger partial charge in [-0.1, -0.05) is 175 Å². The molecule has 0 saturated heterocycles. The second kappa shape index (κ2) is 41.8. The van der Waals surface area contributed by atoms with Crippen molar-refractivity contribution >= 4 is 35.6 Å². The van der Waals surface area contributed by atoms with Gasteiger partial charge in [0.05, 0.1) is 61.9 Å². The molecule has 0 aromatic carbocycles. The number of ether oxygens (including phenoxy) is 2. The molecule has 0 aliphatic heterocycles. The number of Topliss-reactive ketones (excluding diaryl/α,β-unsaturated/α-hetero) is 1. The zero-order valence-electron chi connectivity index (χ0n) is 56.3. The van der Waals surface area contributed by atoms with Gasteiger partial charge in [-0.05, 0) is 136 Å². The van der Waals surface area contributed by atoms with Crippen molar-refractivity contribution in [2.45, 2.75) is 303 Å². The molecule has 19 heteroatoms. The van der Waals surface area contributed by atoms with Gasteiger partial charge >= 0.3 is 35.5 Å². The van der Waals surface area contributed by atoms with E-state index < -0.39 is 65.3 Å². The van der Waals surface area contributed by atoms with Crippen LogP contribution in [0.3, 0.4) is 0 Å². The summed E-state index contributed by atoms with van der Waals surface area (Å²) in [7, 11) is -3.76. The molecule has 4 saturated carbocycles. The number of phosphoric acid groups is 1. The predicted octanol–water partition coefficient (Wildman–Crippen LogP) is 10.6. The summed E-state index contributed by atoms with van der Waals surface area (Å²) in [5.41, 5.74) is -0.683. The van der Waals surface area contributed by atoms with Crippen molar-refractivity contribution in [3.8, 4) is 0 Å². The minimum absolute atomic E-state index is 0. The average molecular weight is 1280 g/mol. The molecule has 1 amide bonds. The molecule has 6 unspecified atom stereocenters. The first kappa shape index (κ1) is 80.4. The Morgan fingerprint density at radius 3 is 1.83 bits per heavy atom. The zero-order chi connectivity index (χ0) is 63.2. The number of rotatable bonds is 48. The van der Waals surface area contributed by atoms with E-state index in [1.54, 1.807) is 0 Å². The van der Waals surface area contributed by atoms with Crippen LogP contribution in [0.1, 0.15) is 272 Å². The Bertz CT molecular complexity index is 2130. The molecule has 0 aromatic heterocycles. The summed E-state index contributed by atoms with van der Waals surface area (Å²) in [6.07, 6.45) is 35.0. The number of amides is 1. The smallest absolute Gasteiger partial charge is 0.756 e. The zero-order valence-corrected chi connectivity index (χ0v) is 60.0. The summed E-state index contributed by atoms with van der Waals surface area (Å²) in [4.78, 5) is 54.7. The number of likely N-dealkylation sites (N-methyl/N-ethyl adjacent to an activating group) is 1. The Morgan fingerprint density at radius 2 is 1.28 bits per heavy atom. The minimum atomic E-state index is -5.08. The molecule has 87 heavy (non-hydrogen) atoms. The van der Waals surface area contributed by atoms with Crippen molar-refractivity contribution in [2.24, 2.45) is 46.3 Å². The van der Waals surface area contributed by atoms with E-state index in [4.69, 9.17) is 18.5 Å².